The first-order chi connectivity index (χ1) is 16.7. The van der Waals surface area contributed by atoms with Crippen LogP contribution in [0.25, 0.3) is 11.3 Å². The molecule has 2 aromatic carbocycles. The third kappa shape index (κ3) is 7.60. The van der Waals surface area contributed by atoms with Crippen molar-refractivity contribution in [1.29, 1.82) is 0 Å². The maximum absolute atomic E-state index is 13.5. The lowest BCUT2D eigenvalue weighted by atomic mass is 10.1. The van der Waals surface area contributed by atoms with Crippen molar-refractivity contribution in [2.75, 3.05) is 25.1 Å². The zero-order chi connectivity index (χ0) is 25.4. The SMILES string of the molecule is CCOCCCN/C(=N/C(=O)c1ccc(C(F)(F)F)cc1)Nc1cc(-c2cc(F)cc(F)c2)[nH]n1. The number of ether oxygens (including phenoxy) is 1. The summed E-state index contributed by atoms with van der Waals surface area (Å²) in [4.78, 5) is 16.5. The Kier molecular flexibility index (Phi) is 8.53. The number of alkyl halides is 3. The van der Waals surface area contributed by atoms with Crippen LogP contribution in [0.4, 0.5) is 27.8 Å². The molecule has 0 atom stereocenters. The lowest BCUT2D eigenvalue weighted by Crippen LogP contribution is -2.33. The predicted molar refractivity (Wildman–Crippen MR) is 120 cm³/mol. The Hall–Kier alpha value is -3.80. The molecule has 0 aliphatic carbocycles. The third-order valence-electron chi connectivity index (χ3n) is 4.63. The Bertz CT molecular complexity index is 1160. The Morgan fingerprint density at radius 2 is 1.77 bits per heavy atom. The van der Waals surface area contributed by atoms with Crippen LogP contribution in [0.15, 0.2) is 53.5 Å². The minimum absolute atomic E-state index is 0.0186. The number of aromatic amines is 1. The van der Waals surface area contributed by atoms with Crippen molar-refractivity contribution in [3.8, 4) is 11.3 Å². The van der Waals surface area contributed by atoms with Gasteiger partial charge in [-0.25, -0.2) is 8.78 Å². The van der Waals surface area contributed by atoms with E-state index in [2.05, 4.69) is 25.8 Å². The molecule has 0 spiro atoms. The van der Waals surface area contributed by atoms with E-state index in [0.29, 0.717) is 31.9 Å². The van der Waals surface area contributed by atoms with Gasteiger partial charge in [0.05, 0.1) is 11.3 Å². The number of anilines is 1. The van der Waals surface area contributed by atoms with Crippen molar-refractivity contribution in [1.82, 2.24) is 15.5 Å². The van der Waals surface area contributed by atoms with Gasteiger partial charge in [-0.2, -0.15) is 23.3 Å². The van der Waals surface area contributed by atoms with Crippen LogP contribution in [0.3, 0.4) is 0 Å². The number of carbonyl (C=O) groups excluding carboxylic acids is 1. The Morgan fingerprint density at radius 1 is 1.09 bits per heavy atom. The first-order valence-electron chi connectivity index (χ1n) is 10.6. The highest BCUT2D eigenvalue weighted by Crippen LogP contribution is 2.29. The van der Waals surface area contributed by atoms with E-state index in [1.165, 1.54) is 6.07 Å². The molecule has 0 saturated heterocycles. The predicted octanol–water partition coefficient (Wildman–Crippen LogP) is 5.00. The molecule has 1 heterocycles. The van der Waals surface area contributed by atoms with Gasteiger partial charge >= 0.3 is 6.18 Å². The maximum atomic E-state index is 13.5. The number of H-pyrrole nitrogens is 1. The number of aromatic nitrogens is 2. The van der Waals surface area contributed by atoms with E-state index < -0.39 is 29.3 Å². The molecule has 0 saturated carbocycles. The topological polar surface area (TPSA) is 91.4 Å². The molecule has 186 valence electrons. The number of aliphatic imine (C=N–C) groups is 1. The summed E-state index contributed by atoms with van der Waals surface area (Å²) in [5, 5.41) is 12.3. The molecular weight excluding hydrogens is 473 g/mol. The van der Waals surface area contributed by atoms with Crippen LogP contribution in [-0.4, -0.2) is 41.8 Å². The van der Waals surface area contributed by atoms with Crippen molar-refractivity contribution in [3.05, 3.63) is 71.3 Å². The molecule has 1 aromatic heterocycles. The van der Waals surface area contributed by atoms with Crippen LogP contribution in [-0.2, 0) is 10.9 Å². The summed E-state index contributed by atoms with van der Waals surface area (Å²) >= 11 is 0. The van der Waals surface area contributed by atoms with Crippen LogP contribution in [0.2, 0.25) is 0 Å². The van der Waals surface area contributed by atoms with Gasteiger partial charge < -0.3 is 15.4 Å². The largest absolute Gasteiger partial charge is 0.416 e. The van der Waals surface area contributed by atoms with E-state index in [9.17, 15) is 26.7 Å². The number of carbonyl (C=O) groups is 1. The number of halogens is 5. The molecule has 1 amide bonds. The van der Waals surface area contributed by atoms with Crippen LogP contribution in [0.5, 0.6) is 0 Å². The highest BCUT2D eigenvalue weighted by atomic mass is 19.4. The standard InChI is InChI=1S/C23H22F5N5O2/c1-2-35-9-3-8-29-22(31-21(34)14-4-6-16(7-5-14)23(26,27)28)30-20-13-19(32-33-20)15-10-17(24)12-18(25)11-15/h4-7,10-13H,2-3,8-9H2,1H3,(H3,29,30,31,32,33,34). The second-order valence-corrected chi connectivity index (χ2v) is 7.27. The van der Waals surface area contributed by atoms with Gasteiger partial charge in [-0.15, -0.1) is 0 Å². The number of nitrogens with zero attached hydrogens (tertiary/aromatic N) is 2. The summed E-state index contributed by atoms with van der Waals surface area (Å²) in [5.74, 6) is -2.15. The molecule has 3 aromatic rings. The lowest BCUT2D eigenvalue weighted by Gasteiger charge is -2.11. The monoisotopic (exact) mass is 495 g/mol. The number of hydrogen-bond acceptors (Lipinski definition) is 3. The van der Waals surface area contributed by atoms with Crippen LogP contribution >= 0.6 is 0 Å². The normalized spacial score (nSPS) is 12.0. The van der Waals surface area contributed by atoms with Crippen molar-refractivity contribution < 1.29 is 31.5 Å². The van der Waals surface area contributed by atoms with Gasteiger partial charge in [0.1, 0.15) is 11.6 Å². The Labute approximate surface area is 197 Å². The van der Waals surface area contributed by atoms with E-state index in [4.69, 9.17) is 4.74 Å². The summed E-state index contributed by atoms with van der Waals surface area (Å²) in [6, 6.07) is 8.09. The summed E-state index contributed by atoms with van der Waals surface area (Å²) in [6.07, 6.45) is -3.95. The zero-order valence-corrected chi connectivity index (χ0v) is 18.5. The number of amides is 1. The molecule has 0 radical (unpaired) electrons. The second kappa shape index (κ2) is 11.6. The molecule has 3 N–H and O–H groups in total. The van der Waals surface area contributed by atoms with E-state index in [1.807, 2.05) is 6.92 Å². The maximum Gasteiger partial charge on any atom is 0.416 e. The van der Waals surface area contributed by atoms with Crippen molar-refractivity contribution in [2.24, 2.45) is 4.99 Å². The number of guanidine groups is 1. The third-order valence-corrected chi connectivity index (χ3v) is 4.63. The molecule has 12 heteroatoms. The van der Waals surface area contributed by atoms with Crippen molar-refractivity contribution in [3.63, 3.8) is 0 Å². The molecule has 0 aliphatic heterocycles. The number of hydrogen-bond donors (Lipinski definition) is 3. The first kappa shape index (κ1) is 25.8. The van der Waals surface area contributed by atoms with Crippen molar-refractivity contribution >= 4 is 17.7 Å². The molecule has 0 unspecified atom stereocenters. The average molecular weight is 495 g/mol. The summed E-state index contributed by atoms with van der Waals surface area (Å²) in [7, 11) is 0. The molecule has 0 fully saturated rings. The van der Waals surface area contributed by atoms with E-state index in [1.54, 1.807) is 0 Å². The van der Waals surface area contributed by atoms with Gasteiger partial charge in [-0.3, -0.25) is 9.89 Å². The number of benzene rings is 2. The van der Waals surface area contributed by atoms with Crippen LogP contribution in [0, 0.1) is 11.6 Å². The van der Waals surface area contributed by atoms with Gasteiger partial charge in [0, 0.05) is 43.0 Å². The molecule has 7 nitrogen and oxygen atoms in total. The summed E-state index contributed by atoms with van der Waals surface area (Å²) < 4.78 is 70.6. The minimum atomic E-state index is -4.53. The van der Waals surface area contributed by atoms with Crippen LogP contribution in [0.1, 0.15) is 29.3 Å². The fourth-order valence-electron chi connectivity index (χ4n) is 2.97. The molecule has 3 rings (SSSR count). The molecule has 0 aliphatic rings. The smallest absolute Gasteiger partial charge is 0.382 e. The van der Waals surface area contributed by atoms with Crippen molar-refractivity contribution in [2.45, 2.75) is 19.5 Å². The zero-order valence-electron chi connectivity index (χ0n) is 18.5. The molecular formula is C23H22F5N5O2. The quantitative estimate of drug-likeness (QED) is 0.177. The van der Waals surface area contributed by atoms with E-state index in [-0.39, 0.29) is 22.9 Å². The van der Waals surface area contributed by atoms with Gasteiger partial charge in [-0.05, 0) is 49.7 Å². The van der Waals surface area contributed by atoms with Gasteiger partial charge in [0.25, 0.3) is 5.91 Å². The summed E-state index contributed by atoms with van der Waals surface area (Å²) in [5.41, 5.74) is -0.419. The van der Waals surface area contributed by atoms with Crippen LogP contribution < -0.4 is 10.6 Å². The Balaban J connectivity index is 1.78. The number of rotatable bonds is 8. The molecule has 0 bridgehead atoms. The second-order valence-electron chi connectivity index (χ2n) is 7.27. The summed E-state index contributed by atoms with van der Waals surface area (Å²) in [6.45, 7) is 3.21. The first-order valence-corrected chi connectivity index (χ1v) is 10.6. The average Bonchev–Trinajstić information content (AvgIpc) is 3.26. The fraction of sp³-hybridized carbons (Fsp3) is 0.261. The van der Waals surface area contributed by atoms with Gasteiger partial charge in [0.15, 0.2) is 5.82 Å². The Morgan fingerprint density at radius 3 is 2.40 bits per heavy atom. The van der Waals surface area contributed by atoms with Gasteiger partial charge in [0.2, 0.25) is 5.96 Å². The highest BCUT2D eigenvalue weighted by Gasteiger charge is 2.30. The molecule has 35 heavy (non-hydrogen) atoms. The fourth-order valence-corrected chi connectivity index (χ4v) is 2.97. The lowest BCUT2D eigenvalue weighted by molar-refractivity contribution is -0.137. The van der Waals surface area contributed by atoms with E-state index in [0.717, 1.165) is 42.5 Å². The minimum Gasteiger partial charge on any atom is -0.382 e. The highest BCUT2D eigenvalue weighted by molar-refractivity contribution is 6.06. The van der Waals surface area contributed by atoms with Gasteiger partial charge in [-0.1, -0.05) is 0 Å². The van der Waals surface area contributed by atoms with E-state index >= 15 is 0 Å². The number of nitrogens with one attached hydrogen (secondary N) is 3.